The number of anilines is 2. The van der Waals surface area contributed by atoms with Crippen molar-refractivity contribution in [3.05, 3.63) is 109 Å². The molecule has 3 heteroatoms. The number of benzene rings is 4. The fourth-order valence-electron chi connectivity index (χ4n) is 3.37. The van der Waals surface area contributed by atoms with Gasteiger partial charge in [-0.05, 0) is 46.5 Å². The minimum absolute atomic E-state index is 0.640. The van der Waals surface area contributed by atoms with Crippen LogP contribution in [0, 0.1) is 0 Å². The molecule has 4 aromatic carbocycles. The van der Waals surface area contributed by atoms with E-state index in [9.17, 15) is 9.90 Å². The Morgan fingerprint density at radius 1 is 0.500 bits per heavy atom. The van der Waals surface area contributed by atoms with E-state index in [1.165, 1.54) is 27.2 Å². The highest BCUT2D eigenvalue weighted by atomic mass is 16.4. The average Bonchev–Trinajstić information content (AvgIpc) is 2.74. The van der Waals surface area contributed by atoms with Crippen molar-refractivity contribution >= 4 is 17.5 Å². The van der Waals surface area contributed by atoms with Crippen LogP contribution in [0.1, 0.15) is 0 Å². The molecule has 5 rings (SSSR count). The van der Waals surface area contributed by atoms with Crippen molar-refractivity contribution in [2.45, 2.75) is 0 Å². The molecular weight excluding hydrogens is 346 g/mol. The smallest absolute Gasteiger partial charge is 0.416 e. The van der Waals surface area contributed by atoms with Crippen LogP contribution in [0.3, 0.4) is 0 Å². The molecule has 4 aromatic rings. The molecule has 0 saturated carbocycles. The van der Waals surface area contributed by atoms with Gasteiger partial charge in [-0.1, -0.05) is 84.9 Å². The topological polar surface area (TPSA) is 40.5 Å². The van der Waals surface area contributed by atoms with Crippen molar-refractivity contribution in [2.75, 3.05) is 4.90 Å². The Balaban J connectivity index is 0.000000142. The van der Waals surface area contributed by atoms with Crippen molar-refractivity contribution < 1.29 is 9.90 Å². The van der Waals surface area contributed by atoms with Gasteiger partial charge in [0.1, 0.15) is 0 Å². The van der Waals surface area contributed by atoms with Crippen LogP contribution < -0.4 is 4.90 Å². The van der Waals surface area contributed by atoms with E-state index in [2.05, 4.69) is 48.5 Å². The molecule has 0 bridgehead atoms. The molecule has 0 aromatic heterocycles. The van der Waals surface area contributed by atoms with Gasteiger partial charge >= 0.3 is 6.09 Å². The van der Waals surface area contributed by atoms with Gasteiger partial charge in [0, 0.05) is 0 Å². The van der Waals surface area contributed by atoms with E-state index in [1.54, 1.807) is 24.3 Å². The Labute approximate surface area is 164 Å². The first kappa shape index (κ1) is 17.6. The highest BCUT2D eigenvalue weighted by Gasteiger charge is 2.19. The largest absolute Gasteiger partial charge is 0.464 e. The SMILES string of the molecule is O=C(O)N(c1ccccc1)c1ccccc1.c1ccc2c(c1)-c1ccccc1-2. The van der Waals surface area contributed by atoms with Crippen molar-refractivity contribution in [1.29, 1.82) is 0 Å². The van der Waals surface area contributed by atoms with Gasteiger partial charge in [0.25, 0.3) is 0 Å². The molecular formula is C25H19NO2. The van der Waals surface area contributed by atoms with Gasteiger partial charge in [0.2, 0.25) is 0 Å². The van der Waals surface area contributed by atoms with Crippen LogP contribution in [-0.4, -0.2) is 11.2 Å². The zero-order valence-electron chi connectivity index (χ0n) is 15.2. The number of para-hydroxylation sites is 2. The minimum Gasteiger partial charge on any atom is -0.464 e. The van der Waals surface area contributed by atoms with Crippen molar-refractivity contribution in [2.24, 2.45) is 0 Å². The Morgan fingerprint density at radius 3 is 1.07 bits per heavy atom. The third-order valence-corrected chi connectivity index (χ3v) is 4.65. The second-order valence-corrected chi connectivity index (χ2v) is 6.38. The summed E-state index contributed by atoms with van der Waals surface area (Å²) >= 11 is 0. The Morgan fingerprint density at radius 2 is 0.786 bits per heavy atom. The quantitative estimate of drug-likeness (QED) is 0.372. The highest BCUT2D eigenvalue weighted by Crippen LogP contribution is 2.46. The molecule has 0 saturated heterocycles. The van der Waals surface area contributed by atoms with E-state index in [0.29, 0.717) is 11.4 Å². The molecule has 0 atom stereocenters. The lowest BCUT2D eigenvalue weighted by Gasteiger charge is -2.22. The lowest BCUT2D eigenvalue weighted by Crippen LogP contribution is -2.23. The molecule has 1 N–H and O–H groups in total. The number of nitrogens with zero attached hydrogens (tertiary/aromatic N) is 1. The summed E-state index contributed by atoms with van der Waals surface area (Å²) in [6, 6.07) is 35.1. The van der Waals surface area contributed by atoms with E-state index in [0.717, 1.165) is 0 Å². The molecule has 136 valence electrons. The van der Waals surface area contributed by atoms with Gasteiger partial charge in [0.15, 0.2) is 0 Å². The lowest BCUT2D eigenvalue weighted by atomic mass is 9.81. The number of fused-ring (bicyclic) bond motifs is 4. The van der Waals surface area contributed by atoms with Gasteiger partial charge in [-0.3, -0.25) is 0 Å². The minimum atomic E-state index is -0.989. The number of carboxylic acid groups (broad SMARTS) is 1. The van der Waals surface area contributed by atoms with Gasteiger partial charge in [-0.2, -0.15) is 0 Å². The summed E-state index contributed by atoms with van der Waals surface area (Å²) < 4.78 is 0. The van der Waals surface area contributed by atoms with Crippen LogP contribution in [-0.2, 0) is 0 Å². The van der Waals surface area contributed by atoms with Crippen LogP contribution in [0.5, 0.6) is 0 Å². The average molecular weight is 365 g/mol. The fraction of sp³-hybridized carbons (Fsp3) is 0. The third-order valence-electron chi connectivity index (χ3n) is 4.65. The number of hydrogen-bond acceptors (Lipinski definition) is 1. The molecule has 0 aliphatic heterocycles. The number of rotatable bonds is 2. The Kier molecular flexibility index (Phi) is 4.89. The van der Waals surface area contributed by atoms with Gasteiger partial charge in [-0.15, -0.1) is 0 Å². The van der Waals surface area contributed by atoms with Crippen molar-refractivity contribution in [3.8, 4) is 22.3 Å². The van der Waals surface area contributed by atoms with E-state index in [-0.39, 0.29) is 0 Å². The van der Waals surface area contributed by atoms with E-state index < -0.39 is 6.09 Å². The maximum absolute atomic E-state index is 11.2. The van der Waals surface area contributed by atoms with E-state index >= 15 is 0 Å². The van der Waals surface area contributed by atoms with Crippen LogP contribution in [0.25, 0.3) is 22.3 Å². The first-order valence-corrected chi connectivity index (χ1v) is 9.07. The zero-order chi connectivity index (χ0) is 19.3. The summed E-state index contributed by atoms with van der Waals surface area (Å²) in [5, 5.41) is 9.21. The second-order valence-electron chi connectivity index (χ2n) is 6.38. The predicted molar refractivity (Wildman–Crippen MR) is 114 cm³/mol. The maximum Gasteiger partial charge on any atom is 0.416 e. The highest BCUT2D eigenvalue weighted by molar-refractivity contribution is 6.02. The predicted octanol–water partition coefficient (Wildman–Crippen LogP) is 6.84. The van der Waals surface area contributed by atoms with E-state index in [1.807, 2.05) is 36.4 Å². The van der Waals surface area contributed by atoms with Crippen molar-refractivity contribution in [3.63, 3.8) is 0 Å². The van der Waals surface area contributed by atoms with Crippen LogP contribution in [0.2, 0.25) is 0 Å². The number of hydrogen-bond donors (Lipinski definition) is 1. The summed E-state index contributed by atoms with van der Waals surface area (Å²) in [5.41, 5.74) is 6.87. The monoisotopic (exact) mass is 365 g/mol. The summed E-state index contributed by atoms with van der Waals surface area (Å²) in [4.78, 5) is 12.5. The summed E-state index contributed by atoms with van der Waals surface area (Å²) in [5.74, 6) is 0. The fourth-order valence-corrected chi connectivity index (χ4v) is 3.37. The molecule has 1 aliphatic carbocycles. The third kappa shape index (κ3) is 3.38. The molecule has 0 radical (unpaired) electrons. The standard InChI is InChI=1S/C13H11NO2.C12H8/c15-13(16)14(11-7-3-1-4-8-11)12-9-5-2-6-10-12;1-2-6-10-9(5-1)11-7-3-4-8-12(10)11/h1-10H,(H,15,16);1-8H. The summed E-state index contributed by atoms with van der Waals surface area (Å²) in [6.07, 6.45) is -0.989. The maximum atomic E-state index is 11.2. The van der Waals surface area contributed by atoms with Crippen LogP contribution >= 0.6 is 0 Å². The number of amides is 1. The molecule has 3 nitrogen and oxygen atoms in total. The molecule has 1 amide bonds. The van der Waals surface area contributed by atoms with Crippen LogP contribution in [0.4, 0.5) is 16.2 Å². The lowest BCUT2D eigenvalue weighted by molar-refractivity contribution is 0.205. The zero-order valence-corrected chi connectivity index (χ0v) is 15.2. The molecule has 0 spiro atoms. The Hall–Kier alpha value is -3.85. The van der Waals surface area contributed by atoms with E-state index in [4.69, 9.17) is 0 Å². The van der Waals surface area contributed by atoms with Crippen molar-refractivity contribution in [1.82, 2.24) is 0 Å². The first-order valence-electron chi connectivity index (χ1n) is 9.07. The normalized spacial score (nSPS) is 10.4. The molecule has 0 fully saturated rings. The molecule has 0 heterocycles. The Bertz CT molecular complexity index is 952. The second kappa shape index (κ2) is 7.80. The van der Waals surface area contributed by atoms with Crippen LogP contribution in [0.15, 0.2) is 109 Å². The van der Waals surface area contributed by atoms with Gasteiger partial charge < -0.3 is 5.11 Å². The molecule has 28 heavy (non-hydrogen) atoms. The number of carbonyl (C=O) groups is 1. The molecule has 0 unspecified atom stereocenters. The molecule has 1 aliphatic rings. The first-order chi connectivity index (χ1) is 13.8. The van der Waals surface area contributed by atoms with Gasteiger partial charge in [0.05, 0.1) is 11.4 Å². The summed E-state index contributed by atoms with van der Waals surface area (Å²) in [6.45, 7) is 0. The van der Waals surface area contributed by atoms with Gasteiger partial charge in [-0.25, -0.2) is 9.69 Å². The summed E-state index contributed by atoms with van der Waals surface area (Å²) in [7, 11) is 0.